The molecule has 4 N–H and O–H groups in total. The van der Waals surface area contributed by atoms with Gasteiger partial charge in [-0.2, -0.15) is 13.2 Å². The molecule has 18 heavy (non-hydrogen) atoms. The van der Waals surface area contributed by atoms with Gasteiger partial charge in [-0.1, -0.05) is 24.3 Å². The molecule has 0 spiro atoms. The highest BCUT2D eigenvalue weighted by Gasteiger charge is 2.27. The third-order valence-electron chi connectivity index (χ3n) is 1.97. The number of ether oxygens (including phenoxy) is 1. The van der Waals surface area contributed by atoms with Crippen molar-refractivity contribution in [3.63, 3.8) is 0 Å². The zero-order valence-corrected chi connectivity index (χ0v) is 9.57. The van der Waals surface area contributed by atoms with Crippen LogP contribution in [0.5, 0.6) is 0 Å². The first-order chi connectivity index (χ1) is 8.37. The van der Waals surface area contributed by atoms with Gasteiger partial charge in [-0.25, -0.2) is 4.99 Å². The molecule has 1 aromatic carbocycles. The van der Waals surface area contributed by atoms with Crippen molar-refractivity contribution in [2.75, 3.05) is 6.61 Å². The van der Waals surface area contributed by atoms with E-state index < -0.39 is 12.8 Å². The van der Waals surface area contributed by atoms with Crippen molar-refractivity contribution in [3.05, 3.63) is 35.4 Å². The highest BCUT2D eigenvalue weighted by molar-refractivity contribution is 5.75. The maximum Gasteiger partial charge on any atom is 0.411 e. The molecule has 0 aliphatic heterocycles. The Kier molecular flexibility index (Phi) is 4.96. The summed E-state index contributed by atoms with van der Waals surface area (Å²) in [6, 6.07) is 6.86. The van der Waals surface area contributed by atoms with Gasteiger partial charge in [-0.15, -0.1) is 0 Å². The number of hydrogen-bond donors (Lipinski definition) is 2. The van der Waals surface area contributed by atoms with Gasteiger partial charge < -0.3 is 16.2 Å². The summed E-state index contributed by atoms with van der Waals surface area (Å²) in [4.78, 5) is 3.81. The Balaban J connectivity index is 2.52. The monoisotopic (exact) mass is 261 g/mol. The first-order valence-electron chi connectivity index (χ1n) is 5.14. The first kappa shape index (κ1) is 14.3. The Morgan fingerprint density at radius 1 is 1.22 bits per heavy atom. The van der Waals surface area contributed by atoms with E-state index in [1.807, 2.05) is 0 Å². The van der Waals surface area contributed by atoms with Gasteiger partial charge in [-0.3, -0.25) is 0 Å². The van der Waals surface area contributed by atoms with Crippen LogP contribution < -0.4 is 11.5 Å². The van der Waals surface area contributed by atoms with Crippen molar-refractivity contribution in [2.45, 2.75) is 19.3 Å². The lowest BCUT2D eigenvalue weighted by atomic mass is 10.1. The third kappa shape index (κ3) is 6.09. The SMILES string of the molecule is NC(N)=NCc1cccc(COCC(F)(F)F)c1. The molecule has 4 nitrogen and oxygen atoms in total. The molecule has 1 aromatic rings. The van der Waals surface area contributed by atoms with E-state index in [2.05, 4.69) is 9.73 Å². The van der Waals surface area contributed by atoms with Gasteiger partial charge >= 0.3 is 6.18 Å². The van der Waals surface area contributed by atoms with Crippen LogP contribution in [0.15, 0.2) is 29.3 Å². The van der Waals surface area contributed by atoms with E-state index in [0.29, 0.717) is 5.56 Å². The molecular weight excluding hydrogens is 247 g/mol. The molecule has 0 unspecified atom stereocenters. The number of rotatable bonds is 5. The molecule has 0 saturated carbocycles. The molecule has 0 radical (unpaired) electrons. The zero-order chi connectivity index (χ0) is 13.6. The van der Waals surface area contributed by atoms with Crippen LogP contribution in [-0.4, -0.2) is 18.7 Å². The maximum atomic E-state index is 11.9. The van der Waals surface area contributed by atoms with Crippen LogP contribution in [-0.2, 0) is 17.9 Å². The topological polar surface area (TPSA) is 73.6 Å². The zero-order valence-electron chi connectivity index (χ0n) is 9.57. The Labute approximate surface area is 102 Å². The maximum absolute atomic E-state index is 11.9. The summed E-state index contributed by atoms with van der Waals surface area (Å²) in [7, 11) is 0. The van der Waals surface area contributed by atoms with Gasteiger partial charge in [0.25, 0.3) is 0 Å². The fourth-order valence-electron chi connectivity index (χ4n) is 1.28. The van der Waals surface area contributed by atoms with E-state index in [1.165, 1.54) is 0 Å². The Bertz CT molecular complexity index is 414. The Morgan fingerprint density at radius 3 is 2.50 bits per heavy atom. The van der Waals surface area contributed by atoms with Crippen LogP contribution in [0.3, 0.4) is 0 Å². The van der Waals surface area contributed by atoms with Crippen LogP contribution in [0.25, 0.3) is 0 Å². The molecule has 0 atom stereocenters. The number of guanidine groups is 1. The summed E-state index contributed by atoms with van der Waals surface area (Å²) in [6.07, 6.45) is -4.31. The summed E-state index contributed by atoms with van der Waals surface area (Å²) in [5.41, 5.74) is 11.8. The number of nitrogens with two attached hydrogens (primary N) is 2. The van der Waals surface area contributed by atoms with Gasteiger partial charge in [0.15, 0.2) is 5.96 Å². The third-order valence-corrected chi connectivity index (χ3v) is 1.97. The molecular formula is C11H14F3N3O. The second kappa shape index (κ2) is 6.25. The molecule has 7 heteroatoms. The highest BCUT2D eigenvalue weighted by Crippen LogP contribution is 2.16. The molecule has 0 bridgehead atoms. The van der Waals surface area contributed by atoms with Crippen molar-refractivity contribution in [3.8, 4) is 0 Å². The van der Waals surface area contributed by atoms with Crippen LogP contribution in [0, 0.1) is 0 Å². The van der Waals surface area contributed by atoms with E-state index in [4.69, 9.17) is 11.5 Å². The van der Waals surface area contributed by atoms with Crippen molar-refractivity contribution in [2.24, 2.45) is 16.5 Å². The summed E-state index contributed by atoms with van der Waals surface area (Å²) in [5.74, 6) is -0.0336. The average molecular weight is 261 g/mol. The smallest absolute Gasteiger partial charge is 0.370 e. The second-order valence-electron chi connectivity index (χ2n) is 3.67. The fourth-order valence-corrected chi connectivity index (χ4v) is 1.28. The normalized spacial score (nSPS) is 11.3. The number of halogens is 3. The lowest BCUT2D eigenvalue weighted by molar-refractivity contribution is -0.176. The molecule has 0 heterocycles. The number of hydrogen-bond acceptors (Lipinski definition) is 2. The summed E-state index contributed by atoms with van der Waals surface area (Å²) >= 11 is 0. The van der Waals surface area contributed by atoms with Crippen molar-refractivity contribution in [1.82, 2.24) is 0 Å². The van der Waals surface area contributed by atoms with Crippen molar-refractivity contribution < 1.29 is 17.9 Å². The lowest BCUT2D eigenvalue weighted by Gasteiger charge is -2.08. The van der Waals surface area contributed by atoms with E-state index >= 15 is 0 Å². The predicted molar refractivity (Wildman–Crippen MR) is 61.7 cm³/mol. The van der Waals surface area contributed by atoms with E-state index in [1.54, 1.807) is 24.3 Å². The minimum atomic E-state index is -4.31. The standard InChI is InChI=1S/C11H14F3N3O/c12-11(13,14)7-18-6-9-3-1-2-8(4-9)5-17-10(15)16/h1-4H,5-7H2,(H4,15,16,17). The first-order valence-corrected chi connectivity index (χ1v) is 5.14. The molecule has 0 saturated heterocycles. The molecule has 0 amide bonds. The molecule has 0 aromatic heterocycles. The van der Waals surface area contributed by atoms with Crippen LogP contribution in [0.4, 0.5) is 13.2 Å². The highest BCUT2D eigenvalue weighted by atomic mass is 19.4. The second-order valence-corrected chi connectivity index (χ2v) is 3.67. The van der Waals surface area contributed by atoms with Gasteiger partial charge in [0.05, 0.1) is 13.2 Å². The molecule has 0 fully saturated rings. The molecule has 100 valence electrons. The minimum Gasteiger partial charge on any atom is -0.370 e. The van der Waals surface area contributed by atoms with Crippen molar-refractivity contribution >= 4 is 5.96 Å². The summed E-state index contributed by atoms with van der Waals surface area (Å²) in [6.45, 7) is -1.07. The van der Waals surface area contributed by atoms with Gasteiger partial charge in [0, 0.05) is 0 Å². The molecule has 0 aliphatic carbocycles. The molecule has 1 rings (SSSR count). The van der Waals surface area contributed by atoms with E-state index in [9.17, 15) is 13.2 Å². The largest absolute Gasteiger partial charge is 0.411 e. The van der Waals surface area contributed by atoms with Crippen LogP contribution in [0.1, 0.15) is 11.1 Å². The minimum absolute atomic E-state index is 0.0336. The van der Waals surface area contributed by atoms with E-state index in [-0.39, 0.29) is 19.1 Å². The molecule has 0 aliphatic rings. The average Bonchev–Trinajstić information content (AvgIpc) is 2.25. The summed E-state index contributed by atoms with van der Waals surface area (Å²) < 4.78 is 40.2. The number of benzene rings is 1. The number of aliphatic imine (C=N–C) groups is 1. The Morgan fingerprint density at radius 2 is 1.89 bits per heavy atom. The number of nitrogens with zero attached hydrogens (tertiary/aromatic N) is 1. The van der Waals surface area contributed by atoms with E-state index in [0.717, 1.165) is 5.56 Å². The number of alkyl halides is 3. The fraction of sp³-hybridized carbons (Fsp3) is 0.364. The quantitative estimate of drug-likeness (QED) is 0.623. The van der Waals surface area contributed by atoms with Crippen LogP contribution >= 0.6 is 0 Å². The van der Waals surface area contributed by atoms with Gasteiger partial charge in [0.1, 0.15) is 6.61 Å². The van der Waals surface area contributed by atoms with Gasteiger partial charge in [0.2, 0.25) is 0 Å². The van der Waals surface area contributed by atoms with Crippen LogP contribution in [0.2, 0.25) is 0 Å². The Hall–Kier alpha value is -1.76. The van der Waals surface area contributed by atoms with Gasteiger partial charge in [-0.05, 0) is 11.1 Å². The van der Waals surface area contributed by atoms with Crippen molar-refractivity contribution in [1.29, 1.82) is 0 Å². The predicted octanol–water partition coefficient (Wildman–Crippen LogP) is 1.54. The summed E-state index contributed by atoms with van der Waals surface area (Å²) in [5, 5.41) is 0. The lowest BCUT2D eigenvalue weighted by Crippen LogP contribution is -2.22.